The molecule has 12 heteroatoms. The molecule has 1 aromatic carbocycles. The van der Waals surface area contributed by atoms with Crippen molar-refractivity contribution in [1.82, 2.24) is 14.9 Å². The van der Waals surface area contributed by atoms with Crippen LogP contribution in [-0.2, 0) is 10.0 Å². The predicted octanol–water partition coefficient (Wildman–Crippen LogP) is 3.73. The molecule has 5 rings (SSSR count). The third kappa shape index (κ3) is 3.39. The van der Waals surface area contributed by atoms with Gasteiger partial charge in [-0.05, 0) is 53.9 Å². The SMILES string of the molecule is CC1(NS(=O)(=O)c2cc(Br)c3c(c2)C(c2nnc(C(F)F)s2)=CC2=NCCN23)CC1. The Morgan fingerprint density at radius 1 is 1.30 bits per heavy atom. The lowest BCUT2D eigenvalue weighted by atomic mass is 9.99. The van der Waals surface area contributed by atoms with Gasteiger partial charge in [0.1, 0.15) is 10.8 Å². The van der Waals surface area contributed by atoms with Crippen LogP contribution >= 0.6 is 27.3 Å². The van der Waals surface area contributed by atoms with Gasteiger partial charge in [0.25, 0.3) is 6.43 Å². The summed E-state index contributed by atoms with van der Waals surface area (Å²) in [7, 11) is -3.76. The number of hydrogen-bond donors (Lipinski definition) is 1. The van der Waals surface area contributed by atoms with Crippen molar-refractivity contribution in [1.29, 1.82) is 0 Å². The third-order valence-corrected chi connectivity index (χ3v) is 8.48. The van der Waals surface area contributed by atoms with Crippen molar-refractivity contribution in [3.63, 3.8) is 0 Å². The van der Waals surface area contributed by atoms with Gasteiger partial charge in [-0.2, -0.15) is 0 Å². The zero-order valence-electron chi connectivity index (χ0n) is 15.7. The summed E-state index contributed by atoms with van der Waals surface area (Å²) in [6.07, 6.45) is 0.613. The van der Waals surface area contributed by atoms with E-state index in [9.17, 15) is 17.2 Å². The Labute approximate surface area is 184 Å². The Morgan fingerprint density at radius 2 is 2.07 bits per heavy atom. The largest absolute Gasteiger partial charge is 0.323 e. The Kier molecular flexibility index (Phi) is 4.62. The third-order valence-electron chi connectivity index (χ3n) is 5.29. The summed E-state index contributed by atoms with van der Waals surface area (Å²) in [6.45, 7) is 3.10. The molecular formula is C18H16BrF2N5O2S2. The second-order valence-electron chi connectivity index (χ2n) is 7.66. The van der Waals surface area contributed by atoms with Crippen molar-refractivity contribution in [3.8, 4) is 0 Å². The first-order valence-electron chi connectivity index (χ1n) is 9.20. The lowest BCUT2D eigenvalue weighted by Crippen LogP contribution is -2.35. The minimum atomic E-state index is -3.76. The van der Waals surface area contributed by atoms with Crippen LogP contribution in [0.2, 0.25) is 0 Å². The first-order chi connectivity index (χ1) is 14.2. The summed E-state index contributed by atoms with van der Waals surface area (Å²) in [5.41, 5.74) is 1.44. The number of halogens is 3. The maximum absolute atomic E-state index is 13.1. The molecule has 0 atom stereocenters. The van der Waals surface area contributed by atoms with Crippen LogP contribution < -0.4 is 9.62 Å². The maximum Gasteiger partial charge on any atom is 0.291 e. The molecule has 7 nitrogen and oxygen atoms in total. The van der Waals surface area contributed by atoms with Crippen LogP contribution in [-0.4, -0.2) is 43.1 Å². The van der Waals surface area contributed by atoms with Crippen LogP contribution in [0.4, 0.5) is 14.5 Å². The summed E-state index contributed by atoms with van der Waals surface area (Å²) in [5.74, 6) is 0.686. The van der Waals surface area contributed by atoms with E-state index in [1.807, 2.05) is 11.8 Å². The zero-order chi connectivity index (χ0) is 21.3. The molecule has 158 valence electrons. The molecule has 2 aromatic rings. The Balaban J connectivity index is 1.66. The van der Waals surface area contributed by atoms with Crippen molar-refractivity contribution in [2.24, 2.45) is 4.99 Å². The second kappa shape index (κ2) is 6.87. The number of benzene rings is 1. The van der Waals surface area contributed by atoms with E-state index in [-0.39, 0.29) is 9.90 Å². The molecular weight excluding hydrogens is 500 g/mol. The van der Waals surface area contributed by atoms with E-state index < -0.39 is 22.0 Å². The van der Waals surface area contributed by atoms with Gasteiger partial charge in [-0.25, -0.2) is 21.9 Å². The van der Waals surface area contributed by atoms with Crippen LogP contribution in [0.5, 0.6) is 0 Å². The van der Waals surface area contributed by atoms with Crippen LogP contribution in [0.3, 0.4) is 0 Å². The highest BCUT2D eigenvalue weighted by atomic mass is 79.9. The van der Waals surface area contributed by atoms with E-state index in [0.717, 1.165) is 29.9 Å². The first-order valence-corrected chi connectivity index (χ1v) is 12.3. The number of nitrogens with one attached hydrogen (secondary N) is 1. The molecule has 0 bridgehead atoms. The van der Waals surface area contributed by atoms with E-state index in [0.29, 0.717) is 39.5 Å². The first kappa shape index (κ1) is 20.2. The molecule has 0 saturated heterocycles. The highest BCUT2D eigenvalue weighted by molar-refractivity contribution is 9.10. The van der Waals surface area contributed by atoms with Gasteiger partial charge in [0, 0.05) is 27.7 Å². The van der Waals surface area contributed by atoms with Gasteiger partial charge >= 0.3 is 0 Å². The number of fused-ring (bicyclic) bond motifs is 3. The van der Waals surface area contributed by atoms with Gasteiger partial charge < -0.3 is 4.90 Å². The van der Waals surface area contributed by atoms with Gasteiger partial charge in [-0.1, -0.05) is 11.3 Å². The quantitative estimate of drug-likeness (QED) is 0.655. The van der Waals surface area contributed by atoms with Gasteiger partial charge in [-0.15, -0.1) is 10.2 Å². The number of nitrogens with zero attached hydrogens (tertiary/aromatic N) is 4. The number of aliphatic imine (C=N–C) groups is 1. The Hall–Kier alpha value is -1.76. The van der Waals surface area contributed by atoms with Crippen LogP contribution in [0.25, 0.3) is 5.57 Å². The van der Waals surface area contributed by atoms with E-state index in [1.165, 1.54) is 0 Å². The second-order valence-corrected chi connectivity index (χ2v) is 11.2. The lowest BCUT2D eigenvalue weighted by molar-refractivity contribution is 0.150. The normalized spacial score (nSPS) is 19.4. The van der Waals surface area contributed by atoms with Crippen molar-refractivity contribution >= 4 is 54.4 Å². The molecule has 3 heterocycles. The molecule has 1 aliphatic carbocycles. The van der Waals surface area contributed by atoms with Crippen molar-refractivity contribution < 1.29 is 17.2 Å². The molecule has 3 aliphatic rings. The summed E-state index contributed by atoms with van der Waals surface area (Å²) in [6, 6.07) is 3.13. The number of sulfonamides is 1. The molecule has 0 amide bonds. The van der Waals surface area contributed by atoms with Crippen molar-refractivity contribution in [2.75, 3.05) is 18.0 Å². The average molecular weight is 516 g/mol. The van der Waals surface area contributed by atoms with Gasteiger partial charge in [0.05, 0.1) is 17.1 Å². The van der Waals surface area contributed by atoms with Crippen LogP contribution in [0.15, 0.2) is 32.6 Å². The van der Waals surface area contributed by atoms with E-state index >= 15 is 0 Å². The fourth-order valence-corrected chi connectivity index (χ4v) is 6.58. The summed E-state index contributed by atoms with van der Waals surface area (Å²) >= 11 is 4.31. The molecule has 0 spiro atoms. The number of amidine groups is 1. The number of hydrogen-bond acceptors (Lipinski definition) is 7. The van der Waals surface area contributed by atoms with Crippen molar-refractivity contribution in [3.05, 3.63) is 38.3 Å². The van der Waals surface area contributed by atoms with E-state index in [1.54, 1.807) is 18.2 Å². The highest BCUT2D eigenvalue weighted by Gasteiger charge is 2.42. The number of aromatic nitrogens is 2. The van der Waals surface area contributed by atoms with Crippen LogP contribution in [0.1, 0.15) is 41.8 Å². The van der Waals surface area contributed by atoms with Gasteiger partial charge in [0.15, 0.2) is 5.01 Å². The fourth-order valence-electron chi connectivity index (χ4n) is 3.51. The molecule has 1 N–H and O–H groups in total. The smallest absolute Gasteiger partial charge is 0.291 e. The number of anilines is 1. The van der Waals surface area contributed by atoms with E-state index in [4.69, 9.17) is 0 Å². The maximum atomic E-state index is 13.1. The zero-order valence-corrected chi connectivity index (χ0v) is 18.9. The fraction of sp³-hybridized carbons (Fsp3) is 0.389. The minimum absolute atomic E-state index is 0.102. The average Bonchev–Trinajstić information content (AvgIpc) is 3.10. The van der Waals surface area contributed by atoms with Crippen molar-refractivity contribution in [2.45, 2.75) is 36.6 Å². The lowest BCUT2D eigenvalue weighted by Gasteiger charge is -2.29. The van der Waals surface area contributed by atoms with E-state index in [2.05, 4.69) is 35.8 Å². The minimum Gasteiger partial charge on any atom is -0.323 e. The Morgan fingerprint density at radius 3 is 2.73 bits per heavy atom. The molecule has 30 heavy (non-hydrogen) atoms. The van der Waals surface area contributed by atoms with Gasteiger partial charge in [0.2, 0.25) is 10.0 Å². The standard InChI is InChI=1S/C18H16BrF2N5O2S2/c1-18(2-3-18)25-30(27,28)9-6-10-11(16-23-24-17(29-16)15(20)21)8-13-22-4-5-26(13)14(10)12(19)7-9/h6-8,15,25H,2-5H2,1H3. The Bertz CT molecular complexity index is 1220. The molecule has 2 aliphatic heterocycles. The summed E-state index contributed by atoms with van der Waals surface area (Å²) in [4.78, 5) is 6.54. The molecule has 1 fully saturated rings. The molecule has 0 unspecified atom stereocenters. The molecule has 1 saturated carbocycles. The molecule has 1 aromatic heterocycles. The summed E-state index contributed by atoms with van der Waals surface area (Å²) < 4.78 is 55.4. The molecule has 0 radical (unpaired) electrons. The topological polar surface area (TPSA) is 87.5 Å². The predicted molar refractivity (Wildman–Crippen MR) is 114 cm³/mol. The summed E-state index contributed by atoms with van der Waals surface area (Å²) in [5, 5.41) is 7.43. The van der Waals surface area contributed by atoms with Gasteiger partial charge in [-0.3, -0.25) is 4.99 Å². The number of alkyl halides is 2. The number of rotatable bonds is 5. The monoisotopic (exact) mass is 515 g/mol. The highest BCUT2D eigenvalue weighted by Crippen LogP contribution is 2.45. The van der Waals surface area contributed by atoms with Crippen LogP contribution in [0, 0.1) is 0 Å².